The number of amides is 1. The standard InChI is InChI=1S/C15H27NOS/c1-5-6-10-14(17)16-11-8-7-9-13(16)12-18-15(2,3)4/h5,13H,1,6-12H2,2-4H3/t13-/m0/s1. The van der Waals surface area contributed by atoms with Crippen LogP contribution in [0.5, 0.6) is 0 Å². The summed E-state index contributed by atoms with van der Waals surface area (Å²) in [5.41, 5.74) is 0. The van der Waals surface area contributed by atoms with Crippen molar-refractivity contribution in [1.82, 2.24) is 4.90 Å². The summed E-state index contributed by atoms with van der Waals surface area (Å²) in [7, 11) is 0. The molecule has 0 bridgehead atoms. The van der Waals surface area contributed by atoms with Crippen LogP contribution in [0.1, 0.15) is 52.9 Å². The molecule has 0 aromatic carbocycles. The molecule has 1 aliphatic heterocycles. The van der Waals surface area contributed by atoms with E-state index in [4.69, 9.17) is 0 Å². The molecule has 1 saturated heterocycles. The molecule has 1 amide bonds. The normalized spacial score (nSPS) is 20.8. The zero-order chi connectivity index (χ0) is 13.6. The monoisotopic (exact) mass is 269 g/mol. The minimum Gasteiger partial charge on any atom is -0.339 e. The summed E-state index contributed by atoms with van der Waals surface area (Å²) in [5, 5.41) is 0. The van der Waals surface area contributed by atoms with E-state index in [2.05, 4.69) is 32.3 Å². The molecular formula is C15H27NOS. The van der Waals surface area contributed by atoms with Gasteiger partial charge in [0.15, 0.2) is 0 Å². The van der Waals surface area contributed by atoms with Gasteiger partial charge >= 0.3 is 0 Å². The fourth-order valence-corrected chi connectivity index (χ4v) is 3.26. The van der Waals surface area contributed by atoms with E-state index < -0.39 is 0 Å². The summed E-state index contributed by atoms with van der Waals surface area (Å²) in [6.07, 6.45) is 6.86. The van der Waals surface area contributed by atoms with Gasteiger partial charge in [0.05, 0.1) is 0 Å². The van der Waals surface area contributed by atoms with Gasteiger partial charge in [-0.25, -0.2) is 0 Å². The molecule has 0 saturated carbocycles. The Morgan fingerprint density at radius 1 is 1.44 bits per heavy atom. The van der Waals surface area contributed by atoms with E-state index in [0.29, 0.717) is 18.4 Å². The Balaban J connectivity index is 2.51. The molecular weight excluding hydrogens is 242 g/mol. The second-order valence-corrected chi connectivity index (χ2v) is 7.83. The van der Waals surface area contributed by atoms with Crippen LogP contribution in [-0.4, -0.2) is 33.9 Å². The highest BCUT2D eigenvalue weighted by Crippen LogP contribution is 2.28. The molecule has 0 aliphatic carbocycles. The first-order valence-electron chi connectivity index (χ1n) is 6.98. The minimum atomic E-state index is 0.285. The Morgan fingerprint density at radius 2 is 2.17 bits per heavy atom. The maximum atomic E-state index is 12.2. The molecule has 3 heteroatoms. The van der Waals surface area contributed by atoms with Crippen molar-refractivity contribution in [2.24, 2.45) is 0 Å². The number of thioether (sulfide) groups is 1. The van der Waals surface area contributed by atoms with E-state index in [-0.39, 0.29) is 4.75 Å². The van der Waals surface area contributed by atoms with E-state index in [9.17, 15) is 4.79 Å². The summed E-state index contributed by atoms with van der Waals surface area (Å²) in [6.45, 7) is 11.4. The zero-order valence-corrected chi connectivity index (χ0v) is 12.9. The largest absolute Gasteiger partial charge is 0.339 e. The van der Waals surface area contributed by atoms with Crippen molar-refractivity contribution >= 4 is 17.7 Å². The van der Waals surface area contributed by atoms with E-state index in [0.717, 1.165) is 25.1 Å². The first-order valence-corrected chi connectivity index (χ1v) is 7.97. The Hall–Kier alpha value is -0.440. The molecule has 0 aromatic heterocycles. The molecule has 2 nitrogen and oxygen atoms in total. The van der Waals surface area contributed by atoms with Gasteiger partial charge in [-0.2, -0.15) is 11.8 Å². The lowest BCUT2D eigenvalue weighted by atomic mass is 10.0. The number of rotatable bonds is 5. The van der Waals surface area contributed by atoms with Gasteiger partial charge in [-0.3, -0.25) is 4.79 Å². The van der Waals surface area contributed by atoms with E-state index in [1.807, 2.05) is 17.8 Å². The van der Waals surface area contributed by atoms with Crippen LogP contribution in [0, 0.1) is 0 Å². The average Bonchev–Trinajstić information content (AvgIpc) is 2.33. The van der Waals surface area contributed by atoms with Crippen molar-refractivity contribution in [1.29, 1.82) is 0 Å². The lowest BCUT2D eigenvalue weighted by Crippen LogP contribution is -2.45. The summed E-state index contributed by atoms with van der Waals surface area (Å²) in [5.74, 6) is 1.39. The minimum absolute atomic E-state index is 0.285. The molecule has 1 fully saturated rings. The summed E-state index contributed by atoms with van der Waals surface area (Å²) in [4.78, 5) is 14.3. The van der Waals surface area contributed by atoms with Crippen LogP contribution in [0.4, 0.5) is 0 Å². The predicted octanol–water partition coefficient (Wildman–Crippen LogP) is 3.87. The first-order chi connectivity index (χ1) is 8.44. The van der Waals surface area contributed by atoms with Gasteiger partial charge in [0.1, 0.15) is 0 Å². The molecule has 1 aliphatic rings. The van der Waals surface area contributed by atoms with Gasteiger partial charge in [0.25, 0.3) is 0 Å². The van der Waals surface area contributed by atoms with Crippen molar-refractivity contribution in [3.63, 3.8) is 0 Å². The first kappa shape index (κ1) is 15.6. The van der Waals surface area contributed by atoms with Crippen molar-refractivity contribution in [3.05, 3.63) is 12.7 Å². The fourth-order valence-electron chi connectivity index (χ4n) is 2.22. The molecule has 0 radical (unpaired) electrons. The van der Waals surface area contributed by atoms with Gasteiger partial charge in [0, 0.05) is 29.5 Å². The molecule has 0 unspecified atom stereocenters. The number of carbonyl (C=O) groups is 1. The molecule has 104 valence electrons. The Morgan fingerprint density at radius 3 is 2.78 bits per heavy atom. The van der Waals surface area contributed by atoms with Crippen LogP contribution in [0.3, 0.4) is 0 Å². The lowest BCUT2D eigenvalue weighted by Gasteiger charge is -2.37. The van der Waals surface area contributed by atoms with Crippen LogP contribution in [-0.2, 0) is 4.79 Å². The van der Waals surface area contributed by atoms with Crippen molar-refractivity contribution in [2.45, 2.75) is 63.7 Å². The molecule has 1 heterocycles. The smallest absolute Gasteiger partial charge is 0.223 e. The third-order valence-corrected chi connectivity index (χ3v) is 4.64. The Labute approximate surface area is 116 Å². The zero-order valence-electron chi connectivity index (χ0n) is 12.1. The third-order valence-electron chi connectivity index (χ3n) is 3.22. The van der Waals surface area contributed by atoms with Gasteiger partial charge in [-0.05, 0) is 25.7 Å². The van der Waals surface area contributed by atoms with Crippen LogP contribution in [0.25, 0.3) is 0 Å². The quantitative estimate of drug-likeness (QED) is 0.706. The molecule has 0 spiro atoms. The lowest BCUT2D eigenvalue weighted by molar-refractivity contribution is -0.134. The second kappa shape index (κ2) is 7.22. The number of nitrogens with zero attached hydrogens (tertiary/aromatic N) is 1. The number of likely N-dealkylation sites (tertiary alicyclic amines) is 1. The van der Waals surface area contributed by atoms with E-state index in [1.165, 1.54) is 12.8 Å². The number of hydrogen-bond donors (Lipinski definition) is 0. The van der Waals surface area contributed by atoms with E-state index >= 15 is 0 Å². The van der Waals surface area contributed by atoms with Crippen LogP contribution in [0.15, 0.2) is 12.7 Å². The average molecular weight is 269 g/mol. The highest BCUT2D eigenvalue weighted by Gasteiger charge is 2.27. The number of allylic oxidation sites excluding steroid dienone is 1. The molecule has 0 N–H and O–H groups in total. The van der Waals surface area contributed by atoms with Crippen molar-refractivity contribution in [3.8, 4) is 0 Å². The maximum Gasteiger partial charge on any atom is 0.223 e. The van der Waals surface area contributed by atoms with Crippen LogP contribution >= 0.6 is 11.8 Å². The molecule has 18 heavy (non-hydrogen) atoms. The van der Waals surface area contributed by atoms with Crippen LogP contribution < -0.4 is 0 Å². The van der Waals surface area contributed by atoms with Crippen molar-refractivity contribution in [2.75, 3.05) is 12.3 Å². The van der Waals surface area contributed by atoms with Gasteiger partial charge < -0.3 is 4.90 Å². The third kappa shape index (κ3) is 5.47. The highest BCUT2D eigenvalue weighted by atomic mass is 32.2. The van der Waals surface area contributed by atoms with Gasteiger partial charge in [0.2, 0.25) is 5.91 Å². The topological polar surface area (TPSA) is 20.3 Å². The number of carbonyl (C=O) groups excluding carboxylic acids is 1. The molecule has 0 aromatic rings. The van der Waals surface area contributed by atoms with E-state index in [1.54, 1.807) is 0 Å². The Bertz CT molecular complexity index is 283. The fraction of sp³-hybridized carbons (Fsp3) is 0.800. The summed E-state index contributed by atoms with van der Waals surface area (Å²) in [6, 6.07) is 0.445. The number of piperidine rings is 1. The van der Waals surface area contributed by atoms with Crippen molar-refractivity contribution < 1.29 is 4.79 Å². The predicted molar refractivity (Wildman–Crippen MR) is 81.0 cm³/mol. The van der Waals surface area contributed by atoms with Crippen LogP contribution in [0.2, 0.25) is 0 Å². The summed E-state index contributed by atoms with van der Waals surface area (Å²) < 4.78 is 0.285. The SMILES string of the molecule is C=CCCC(=O)N1CCCC[C@H]1CSC(C)(C)C. The Kier molecular flexibility index (Phi) is 6.27. The second-order valence-electron chi connectivity index (χ2n) is 5.99. The molecule has 1 atom stereocenters. The number of hydrogen-bond acceptors (Lipinski definition) is 2. The van der Waals surface area contributed by atoms with Gasteiger partial charge in [-0.1, -0.05) is 26.8 Å². The summed E-state index contributed by atoms with van der Waals surface area (Å²) >= 11 is 1.97. The van der Waals surface area contributed by atoms with Gasteiger partial charge in [-0.15, -0.1) is 6.58 Å². The maximum absolute atomic E-state index is 12.2. The highest BCUT2D eigenvalue weighted by molar-refractivity contribution is 8.00. The molecule has 1 rings (SSSR count).